The molecule has 2 heteroatoms. The predicted molar refractivity (Wildman–Crippen MR) is 58.1 cm³/mol. The van der Waals surface area contributed by atoms with Crippen molar-refractivity contribution in [3.63, 3.8) is 0 Å². The third-order valence-corrected chi connectivity index (χ3v) is 2.45. The average molecular weight is 187 g/mol. The van der Waals surface area contributed by atoms with Crippen molar-refractivity contribution in [3.8, 4) is 0 Å². The van der Waals surface area contributed by atoms with E-state index < -0.39 is 0 Å². The Kier molecular flexibility index (Phi) is 6.35. The highest BCUT2D eigenvalue weighted by Crippen LogP contribution is 2.36. The monoisotopic (exact) mass is 187 g/mol. The van der Waals surface area contributed by atoms with Crippen LogP contribution >= 0.6 is 0 Å². The molecule has 1 spiro atoms. The van der Waals surface area contributed by atoms with E-state index in [4.69, 9.17) is 4.74 Å². The second kappa shape index (κ2) is 6.39. The molecular weight excluding hydrogens is 162 g/mol. The van der Waals surface area contributed by atoms with E-state index in [9.17, 15) is 0 Å². The van der Waals surface area contributed by atoms with Gasteiger partial charge in [0.1, 0.15) is 0 Å². The molecule has 2 nitrogen and oxygen atoms in total. The Morgan fingerprint density at radius 1 is 1.08 bits per heavy atom. The van der Waals surface area contributed by atoms with Gasteiger partial charge in [0.25, 0.3) is 0 Å². The van der Waals surface area contributed by atoms with Gasteiger partial charge in [-0.15, -0.1) is 0 Å². The molecule has 2 rings (SSSR count). The van der Waals surface area contributed by atoms with Crippen LogP contribution in [0, 0.1) is 5.41 Å². The van der Waals surface area contributed by atoms with Crippen LogP contribution in [-0.4, -0.2) is 38.3 Å². The number of rotatable bonds is 0. The van der Waals surface area contributed by atoms with Crippen LogP contribution in [0.4, 0.5) is 0 Å². The highest BCUT2D eigenvalue weighted by Gasteiger charge is 2.42. The van der Waals surface area contributed by atoms with Gasteiger partial charge in [-0.1, -0.05) is 27.7 Å². The van der Waals surface area contributed by atoms with Crippen LogP contribution in [0.2, 0.25) is 0 Å². The molecule has 0 aromatic carbocycles. The maximum Gasteiger partial charge on any atom is 0.0557 e. The topological polar surface area (TPSA) is 12.5 Å². The first-order valence-corrected chi connectivity index (χ1v) is 5.57. The van der Waals surface area contributed by atoms with Crippen molar-refractivity contribution >= 4 is 0 Å². The van der Waals surface area contributed by atoms with Gasteiger partial charge in [-0.25, -0.2) is 0 Å². The normalized spacial score (nSPS) is 23.8. The summed E-state index contributed by atoms with van der Waals surface area (Å²) in [5.74, 6) is 0. The minimum Gasteiger partial charge on any atom is -0.380 e. The van der Waals surface area contributed by atoms with Crippen molar-refractivity contribution in [2.45, 2.75) is 34.1 Å². The third-order valence-electron chi connectivity index (χ3n) is 2.45. The fraction of sp³-hybridized carbons (Fsp3) is 1.00. The number of nitrogens with zero attached hydrogens (tertiary/aromatic N) is 1. The van der Waals surface area contributed by atoms with Crippen molar-refractivity contribution < 1.29 is 4.74 Å². The van der Waals surface area contributed by atoms with Crippen LogP contribution in [0.15, 0.2) is 0 Å². The summed E-state index contributed by atoms with van der Waals surface area (Å²) in [5.41, 5.74) is 0.592. The first-order chi connectivity index (χ1) is 6.31. The van der Waals surface area contributed by atoms with Gasteiger partial charge in [0.05, 0.1) is 13.2 Å². The first-order valence-electron chi connectivity index (χ1n) is 5.57. The molecule has 0 aliphatic carbocycles. The molecule has 2 aliphatic heterocycles. The van der Waals surface area contributed by atoms with Crippen molar-refractivity contribution in [2.75, 3.05) is 33.4 Å². The molecule has 2 saturated heterocycles. The van der Waals surface area contributed by atoms with Gasteiger partial charge in [-0.2, -0.15) is 0 Å². The number of hydrogen-bond donors (Lipinski definition) is 0. The Morgan fingerprint density at radius 2 is 1.62 bits per heavy atom. The van der Waals surface area contributed by atoms with Gasteiger partial charge in [0.2, 0.25) is 0 Å². The van der Waals surface area contributed by atoms with Crippen molar-refractivity contribution in [2.24, 2.45) is 5.41 Å². The molecule has 2 aliphatic rings. The highest BCUT2D eigenvalue weighted by atomic mass is 16.5. The number of hydrogen-bond acceptors (Lipinski definition) is 2. The molecule has 80 valence electrons. The Balaban J connectivity index is 0.000000322. The zero-order chi connectivity index (χ0) is 10.3. The van der Waals surface area contributed by atoms with E-state index in [1.54, 1.807) is 0 Å². The zero-order valence-electron chi connectivity index (χ0n) is 9.89. The summed E-state index contributed by atoms with van der Waals surface area (Å²) in [7, 11) is 2.19. The minimum atomic E-state index is 0.592. The lowest BCUT2D eigenvalue weighted by molar-refractivity contribution is -0.104. The summed E-state index contributed by atoms with van der Waals surface area (Å²) in [5, 5.41) is 0. The Hall–Kier alpha value is -0.0800. The maximum absolute atomic E-state index is 5.18. The van der Waals surface area contributed by atoms with Crippen LogP contribution in [0.1, 0.15) is 34.1 Å². The fourth-order valence-corrected chi connectivity index (χ4v) is 1.79. The summed E-state index contributed by atoms with van der Waals surface area (Å²) in [6.45, 7) is 12.5. The standard InChI is InChI=1S/C7H13NO.2C2H6/c1-8-3-2-7(4-8)5-9-6-7;2*1-2/h2-6H2,1H3;2*1-2H3. The van der Waals surface area contributed by atoms with Gasteiger partial charge in [-0.3, -0.25) is 0 Å². The summed E-state index contributed by atoms with van der Waals surface area (Å²) in [6.07, 6.45) is 1.35. The van der Waals surface area contributed by atoms with Gasteiger partial charge in [0, 0.05) is 12.0 Å². The summed E-state index contributed by atoms with van der Waals surface area (Å²) in [6, 6.07) is 0. The lowest BCUT2D eigenvalue weighted by Gasteiger charge is -2.37. The van der Waals surface area contributed by atoms with E-state index in [-0.39, 0.29) is 0 Å². The molecular formula is C11H25NO. The molecule has 2 heterocycles. The van der Waals surface area contributed by atoms with E-state index in [0.717, 1.165) is 13.2 Å². The minimum absolute atomic E-state index is 0.592. The van der Waals surface area contributed by atoms with Crippen molar-refractivity contribution in [1.82, 2.24) is 4.90 Å². The molecule has 0 aromatic heterocycles. The molecule has 13 heavy (non-hydrogen) atoms. The van der Waals surface area contributed by atoms with Crippen LogP contribution in [0.5, 0.6) is 0 Å². The second-order valence-corrected chi connectivity index (χ2v) is 3.48. The highest BCUT2D eigenvalue weighted by molar-refractivity contribution is 4.93. The molecule has 0 saturated carbocycles. The van der Waals surface area contributed by atoms with Crippen molar-refractivity contribution in [1.29, 1.82) is 0 Å². The Morgan fingerprint density at radius 3 is 1.77 bits per heavy atom. The SMILES string of the molecule is CC.CC.CN1CCC2(COC2)C1. The molecule has 0 N–H and O–H groups in total. The second-order valence-electron chi connectivity index (χ2n) is 3.48. The predicted octanol–water partition coefficient (Wildman–Crippen LogP) is 2.39. The number of ether oxygens (including phenoxy) is 1. The Labute approximate surface area is 83.3 Å². The largest absolute Gasteiger partial charge is 0.380 e. The van der Waals surface area contributed by atoms with E-state index >= 15 is 0 Å². The quantitative estimate of drug-likeness (QED) is 0.577. The van der Waals surface area contributed by atoms with Gasteiger partial charge < -0.3 is 9.64 Å². The van der Waals surface area contributed by atoms with E-state index in [1.807, 2.05) is 27.7 Å². The van der Waals surface area contributed by atoms with Gasteiger partial charge in [0.15, 0.2) is 0 Å². The van der Waals surface area contributed by atoms with Crippen LogP contribution in [0.25, 0.3) is 0 Å². The summed E-state index contributed by atoms with van der Waals surface area (Å²) >= 11 is 0. The Bertz CT molecular complexity index is 121. The molecule has 0 amide bonds. The summed E-state index contributed by atoms with van der Waals surface area (Å²) in [4.78, 5) is 2.39. The smallest absolute Gasteiger partial charge is 0.0557 e. The van der Waals surface area contributed by atoms with Crippen LogP contribution < -0.4 is 0 Å². The number of likely N-dealkylation sites (tertiary alicyclic amines) is 1. The van der Waals surface area contributed by atoms with Crippen molar-refractivity contribution in [3.05, 3.63) is 0 Å². The lowest BCUT2D eigenvalue weighted by Crippen LogP contribution is -2.44. The molecule has 0 bridgehead atoms. The zero-order valence-corrected chi connectivity index (χ0v) is 9.89. The maximum atomic E-state index is 5.18. The van der Waals surface area contributed by atoms with Gasteiger partial charge >= 0.3 is 0 Å². The molecule has 2 fully saturated rings. The average Bonchev–Trinajstić information content (AvgIpc) is 2.54. The summed E-state index contributed by atoms with van der Waals surface area (Å²) < 4.78 is 5.18. The van der Waals surface area contributed by atoms with E-state index in [0.29, 0.717) is 5.41 Å². The van der Waals surface area contributed by atoms with Crippen LogP contribution in [-0.2, 0) is 4.74 Å². The van der Waals surface area contributed by atoms with Crippen LogP contribution in [0.3, 0.4) is 0 Å². The fourth-order valence-electron chi connectivity index (χ4n) is 1.79. The first kappa shape index (κ1) is 12.9. The molecule has 0 radical (unpaired) electrons. The molecule has 0 atom stereocenters. The lowest BCUT2D eigenvalue weighted by atomic mass is 9.85. The van der Waals surface area contributed by atoms with E-state index in [2.05, 4.69) is 11.9 Å². The third kappa shape index (κ3) is 3.28. The molecule has 0 unspecified atom stereocenters. The van der Waals surface area contributed by atoms with E-state index in [1.165, 1.54) is 19.5 Å². The molecule has 0 aromatic rings. The van der Waals surface area contributed by atoms with Gasteiger partial charge in [-0.05, 0) is 20.0 Å².